The van der Waals surface area contributed by atoms with Crippen LogP contribution in [0.4, 0.5) is 11.4 Å². The van der Waals surface area contributed by atoms with E-state index < -0.39 is 0 Å². The number of nitrogens with two attached hydrogens (primary N) is 1. The maximum Gasteiger partial charge on any atom is 0.255 e. The van der Waals surface area contributed by atoms with Crippen LogP contribution in [0, 0.1) is 0 Å². The van der Waals surface area contributed by atoms with Gasteiger partial charge in [0, 0.05) is 11.3 Å². The zero-order chi connectivity index (χ0) is 13.1. The summed E-state index contributed by atoms with van der Waals surface area (Å²) in [6.45, 7) is 0. The standard InChI is InChI=1S/C13H11ClN2O2/c14-11-7-9(15)4-5-12(11)16-13(18)8-2-1-3-10(17)6-8/h1-7,17H,15H2,(H,16,18). The topological polar surface area (TPSA) is 75.3 Å². The maximum absolute atomic E-state index is 11.9. The molecule has 4 nitrogen and oxygen atoms in total. The molecule has 0 atom stereocenters. The maximum atomic E-state index is 11.9. The molecule has 0 aliphatic rings. The highest BCUT2D eigenvalue weighted by molar-refractivity contribution is 6.34. The molecule has 1 amide bonds. The van der Waals surface area contributed by atoms with Crippen molar-refractivity contribution in [1.29, 1.82) is 0 Å². The van der Waals surface area contributed by atoms with Gasteiger partial charge in [-0.3, -0.25) is 4.79 Å². The summed E-state index contributed by atoms with van der Waals surface area (Å²) in [6.07, 6.45) is 0. The summed E-state index contributed by atoms with van der Waals surface area (Å²) in [5, 5.41) is 12.3. The molecule has 0 unspecified atom stereocenters. The van der Waals surface area contributed by atoms with Crippen molar-refractivity contribution in [1.82, 2.24) is 0 Å². The van der Waals surface area contributed by atoms with E-state index in [1.165, 1.54) is 12.1 Å². The van der Waals surface area contributed by atoms with Crippen molar-refractivity contribution < 1.29 is 9.90 Å². The van der Waals surface area contributed by atoms with Gasteiger partial charge in [0.25, 0.3) is 5.91 Å². The Hall–Kier alpha value is -2.20. The van der Waals surface area contributed by atoms with Crippen molar-refractivity contribution in [3.63, 3.8) is 0 Å². The van der Waals surface area contributed by atoms with Crippen LogP contribution in [-0.2, 0) is 0 Å². The van der Waals surface area contributed by atoms with Gasteiger partial charge in [-0.05, 0) is 36.4 Å². The van der Waals surface area contributed by atoms with Crippen molar-refractivity contribution >= 4 is 28.9 Å². The van der Waals surface area contributed by atoms with E-state index in [4.69, 9.17) is 17.3 Å². The molecule has 0 radical (unpaired) electrons. The van der Waals surface area contributed by atoms with Crippen LogP contribution in [0.25, 0.3) is 0 Å². The molecule has 2 aromatic rings. The van der Waals surface area contributed by atoms with Crippen LogP contribution in [0.3, 0.4) is 0 Å². The monoisotopic (exact) mass is 262 g/mol. The molecule has 0 saturated carbocycles. The number of phenols is 1. The van der Waals surface area contributed by atoms with E-state index in [9.17, 15) is 9.90 Å². The fourth-order valence-corrected chi connectivity index (χ4v) is 1.71. The van der Waals surface area contributed by atoms with E-state index in [2.05, 4.69) is 5.32 Å². The molecular weight excluding hydrogens is 252 g/mol. The minimum absolute atomic E-state index is 0.0334. The van der Waals surface area contributed by atoms with Gasteiger partial charge in [-0.1, -0.05) is 17.7 Å². The number of nitrogens with one attached hydrogen (secondary N) is 1. The normalized spacial score (nSPS) is 10.1. The second-order valence-corrected chi connectivity index (χ2v) is 4.15. The van der Waals surface area contributed by atoms with Crippen molar-refractivity contribution in [2.45, 2.75) is 0 Å². The number of phenolic OH excluding ortho intramolecular Hbond substituents is 1. The smallest absolute Gasteiger partial charge is 0.255 e. The van der Waals surface area contributed by atoms with E-state index >= 15 is 0 Å². The highest BCUT2D eigenvalue weighted by atomic mass is 35.5. The summed E-state index contributed by atoms with van der Waals surface area (Å²) >= 11 is 5.95. The molecule has 0 aliphatic heterocycles. The number of aromatic hydroxyl groups is 1. The number of carbonyl (C=O) groups is 1. The molecule has 5 heteroatoms. The number of amides is 1. The first-order valence-corrected chi connectivity index (χ1v) is 5.59. The van der Waals surface area contributed by atoms with Crippen LogP contribution in [0.15, 0.2) is 42.5 Å². The largest absolute Gasteiger partial charge is 0.508 e. The molecule has 2 aromatic carbocycles. The van der Waals surface area contributed by atoms with Gasteiger partial charge < -0.3 is 16.2 Å². The number of anilines is 2. The lowest BCUT2D eigenvalue weighted by atomic mass is 10.2. The quantitative estimate of drug-likeness (QED) is 0.729. The first kappa shape index (κ1) is 12.3. The molecule has 18 heavy (non-hydrogen) atoms. The van der Waals surface area contributed by atoms with Crippen LogP contribution in [0.1, 0.15) is 10.4 Å². The predicted molar refractivity (Wildman–Crippen MR) is 71.9 cm³/mol. The molecule has 4 N–H and O–H groups in total. The fraction of sp³-hybridized carbons (Fsp3) is 0. The molecule has 0 spiro atoms. The van der Waals surface area contributed by atoms with Crippen LogP contribution in [-0.4, -0.2) is 11.0 Å². The van der Waals surface area contributed by atoms with E-state index in [0.29, 0.717) is 22.0 Å². The Morgan fingerprint density at radius 3 is 2.67 bits per heavy atom. The third-order valence-corrected chi connectivity index (χ3v) is 2.66. The van der Waals surface area contributed by atoms with Crippen LogP contribution in [0.5, 0.6) is 5.75 Å². The van der Waals surface area contributed by atoms with Crippen molar-refractivity contribution in [2.75, 3.05) is 11.1 Å². The van der Waals surface area contributed by atoms with Crippen LogP contribution >= 0.6 is 11.6 Å². The Labute approximate surface area is 109 Å². The Kier molecular flexibility index (Phi) is 3.39. The van der Waals surface area contributed by atoms with E-state index in [-0.39, 0.29) is 11.7 Å². The summed E-state index contributed by atoms with van der Waals surface area (Å²) in [6, 6.07) is 10.9. The number of benzene rings is 2. The highest BCUT2D eigenvalue weighted by Gasteiger charge is 2.09. The SMILES string of the molecule is Nc1ccc(NC(=O)c2cccc(O)c2)c(Cl)c1. The van der Waals surface area contributed by atoms with Crippen LogP contribution < -0.4 is 11.1 Å². The second kappa shape index (κ2) is 4.98. The van der Waals surface area contributed by atoms with E-state index in [1.54, 1.807) is 30.3 Å². The van der Waals surface area contributed by atoms with Crippen LogP contribution in [0.2, 0.25) is 5.02 Å². The Morgan fingerprint density at radius 2 is 2.00 bits per heavy atom. The molecule has 0 fully saturated rings. The second-order valence-electron chi connectivity index (χ2n) is 3.74. The van der Waals surface area contributed by atoms with Gasteiger partial charge in [-0.15, -0.1) is 0 Å². The van der Waals surface area contributed by atoms with Gasteiger partial charge >= 0.3 is 0 Å². The Balaban J connectivity index is 2.21. The average Bonchev–Trinajstić information content (AvgIpc) is 2.32. The zero-order valence-electron chi connectivity index (χ0n) is 9.35. The molecule has 2 rings (SSSR count). The average molecular weight is 263 g/mol. The molecular formula is C13H11ClN2O2. The minimum Gasteiger partial charge on any atom is -0.508 e. The summed E-state index contributed by atoms with van der Waals surface area (Å²) in [4.78, 5) is 11.9. The van der Waals surface area contributed by atoms with E-state index in [0.717, 1.165) is 0 Å². The fourth-order valence-electron chi connectivity index (χ4n) is 1.47. The summed E-state index contributed by atoms with van der Waals surface area (Å²) in [5.41, 5.74) is 6.90. The highest BCUT2D eigenvalue weighted by Crippen LogP contribution is 2.24. The van der Waals surface area contributed by atoms with Crippen molar-refractivity contribution in [2.24, 2.45) is 0 Å². The lowest BCUT2D eigenvalue weighted by Crippen LogP contribution is -2.12. The number of carbonyl (C=O) groups excluding carboxylic acids is 1. The minimum atomic E-state index is -0.349. The number of hydrogen-bond acceptors (Lipinski definition) is 3. The lowest BCUT2D eigenvalue weighted by Gasteiger charge is -2.08. The molecule has 0 heterocycles. The Morgan fingerprint density at radius 1 is 1.22 bits per heavy atom. The molecule has 92 valence electrons. The molecule has 0 bridgehead atoms. The first-order chi connectivity index (χ1) is 8.56. The Bertz CT molecular complexity index is 599. The summed E-state index contributed by atoms with van der Waals surface area (Å²) in [7, 11) is 0. The van der Waals surface area contributed by atoms with E-state index in [1.807, 2.05) is 0 Å². The van der Waals surface area contributed by atoms with Gasteiger partial charge in [0.15, 0.2) is 0 Å². The zero-order valence-corrected chi connectivity index (χ0v) is 10.1. The van der Waals surface area contributed by atoms with Gasteiger partial charge in [-0.2, -0.15) is 0 Å². The van der Waals surface area contributed by atoms with Gasteiger partial charge in [0.1, 0.15) is 5.75 Å². The van der Waals surface area contributed by atoms with Gasteiger partial charge in [-0.25, -0.2) is 0 Å². The molecule has 0 aromatic heterocycles. The third kappa shape index (κ3) is 2.73. The van der Waals surface area contributed by atoms with Gasteiger partial charge in [0.05, 0.1) is 10.7 Å². The number of rotatable bonds is 2. The van der Waals surface area contributed by atoms with Crippen molar-refractivity contribution in [3.8, 4) is 5.75 Å². The third-order valence-electron chi connectivity index (χ3n) is 2.35. The first-order valence-electron chi connectivity index (χ1n) is 5.21. The summed E-state index contributed by atoms with van der Waals surface area (Å²) < 4.78 is 0. The number of halogens is 1. The number of hydrogen-bond donors (Lipinski definition) is 3. The molecule has 0 saturated heterocycles. The van der Waals surface area contributed by atoms with Gasteiger partial charge in [0.2, 0.25) is 0 Å². The summed E-state index contributed by atoms with van der Waals surface area (Å²) in [5.74, 6) is -0.316. The number of nitrogen functional groups attached to an aromatic ring is 1. The predicted octanol–water partition coefficient (Wildman–Crippen LogP) is 2.88. The lowest BCUT2D eigenvalue weighted by molar-refractivity contribution is 0.102. The molecule has 0 aliphatic carbocycles. The van der Waals surface area contributed by atoms with Crippen molar-refractivity contribution in [3.05, 3.63) is 53.1 Å².